The Balaban J connectivity index is 1.89. The number of urea groups is 1. The average molecular weight is 407 g/mol. The van der Waals surface area contributed by atoms with Crippen LogP contribution in [0.2, 0.25) is 0 Å². The third kappa shape index (κ3) is 3.58. The van der Waals surface area contributed by atoms with Crippen LogP contribution in [-0.4, -0.2) is 37.7 Å². The highest BCUT2D eigenvalue weighted by Gasteiger charge is 2.26. The fourth-order valence-electron chi connectivity index (χ4n) is 2.17. The van der Waals surface area contributed by atoms with Crippen molar-refractivity contribution in [3.63, 3.8) is 0 Å². The maximum absolute atomic E-state index is 11.5. The summed E-state index contributed by atoms with van der Waals surface area (Å²) < 4.78 is 7.41. The van der Waals surface area contributed by atoms with E-state index in [9.17, 15) is 4.79 Å². The number of likely N-dealkylation sites (tertiary alicyclic amines) is 1. The molecule has 2 amide bonds. The molecule has 110 valence electrons. The molecule has 0 aliphatic carbocycles. The second-order valence-corrected chi connectivity index (χ2v) is 6.48. The number of carbonyl (C=O) groups is 1. The number of carbonyl (C=O) groups excluding carboxylic acids is 1. The minimum atomic E-state index is -0.0227. The van der Waals surface area contributed by atoms with Crippen LogP contribution in [0.1, 0.15) is 6.42 Å². The number of halogens is 2. The first-order valence-electron chi connectivity index (χ1n) is 6.35. The molecule has 0 bridgehead atoms. The lowest BCUT2D eigenvalue weighted by Crippen LogP contribution is -2.36. The molecule has 1 atom stereocenters. The second-order valence-electron chi connectivity index (χ2n) is 4.77. The number of amides is 2. The molecular weight excluding hydrogens is 390 g/mol. The Labute approximate surface area is 135 Å². The molecule has 1 heterocycles. The summed E-state index contributed by atoms with van der Waals surface area (Å²) in [7, 11) is 1.65. The Morgan fingerprint density at radius 2 is 2.15 bits per heavy atom. The van der Waals surface area contributed by atoms with Gasteiger partial charge in [-0.15, -0.1) is 0 Å². The summed E-state index contributed by atoms with van der Waals surface area (Å²) in [5.74, 6) is 1.12. The zero-order valence-electron chi connectivity index (χ0n) is 11.2. The molecular formula is C13H17Br2N3O2. The van der Waals surface area contributed by atoms with Crippen molar-refractivity contribution < 1.29 is 9.53 Å². The Morgan fingerprint density at radius 3 is 2.75 bits per heavy atom. The fraction of sp³-hybridized carbons (Fsp3) is 0.462. The number of nitrogens with zero attached hydrogens (tertiary/aromatic N) is 1. The standard InChI is InChI=1S/C13H17Br2N3O2/c1-17-13(19)18-3-2-8(6-18)7-20-9-4-10(14)12(16)11(15)5-9/h4-5,8H,2-3,6-7,16H2,1H3,(H,17,19). The summed E-state index contributed by atoms with van der Waals surface area (Å²) in [6.45, 7) is 2.11. The van der Waals surface area contributed by atoms with Gasteiger partial charge in [0.2, 0.25) is 0 Å². The zero-order valence-corrected chi connectivity index (χ0v) is 14.3. The van der Waals surface area contributed by atoms with Crippen molar-refractivity contribution in [2.24, 2.45) is 5.92 Å². The van der Waals surface area contributed by atoms with Crippen molar-refractivity contribution >= 4 is 43.6 Å². The van der Waals surface area contributed by atoms with Crippen molar-refractivity contribution in [3.8, 4) is 5.75 Å². The highest BCUT2D eigenvalue weighted by Crippen LogP contribution is 2.33. The first-order chi connectivity index (χ1) is 9.51. The van der Waals surface area contributed by atoms with Gasteiger partial charge >= 0.3 is 6.03 Å². The lowest BCUT2D eigenvalue weighted by Gasteiger charge is -2.16. The molecule has 3 N–H and O–H groups in total. The summed E-state index contributed by atoms with van der Waals surface area (Å²) in [5, 5.41) is 2.64. The van der Waals surface area contributed by atoms with E-state index in [1.807, 2.05) is 17.0 Å². The van der Waals surface area contributed by atoms with E-state index in [-0.39, 0.29) is 6.03 Å². The quantitative estimate of drug-likeness (QED) is 0.758. The van der Waals surface area contributed by atoms with E-state index in [0.717, 1.165) is 34.2 Å². The molecule has 7 heteroatoms. The summed E-state index contributed by atoms with van der Waals surface area (Å²) in [5.41, 5.74) is 6.49. The van der Waals surface area contributed by atoms with Crippen LogP contribution >= 0.6 is 31.9 Å². The first kappa shape index (κ1) is 15.4. The lowest BCUT2D eigenvalue weighted by molar-refractivity contribution is 0.204. The highest BCUT2D eigenvalue weighted by atomic mass is 79.9. The van der Waals surface area contributed by atoms with Crippen LogP contribution in [0, 0.1) is 5.92 Å². The van der Waals surface area contributed by atoms with Gasteiger partial charge < -0.3 is 20.7 Å². The van der Waals surface area contributed by atoms with Crippen molar-refractivity contribution in [1.82, 2.24) is 10.2 Å². The number of benzene rings is 1. The molecule has 1 aromatic rings. The molecule has 0 aromatic heterocycles. The summed E-state index contributed by atoms with van der Waals surface area (Å²) >= 11 is 6.78. The summed E-state index contributed by atoms with van der Waals surface area (Å²) in [6.07, 6.45) is 0.963. The molecule has 1 fully saturated rings. The van der Waals surface area contributed by atoms with Gasteiger partial charge in [-0.2, -0.15) is 0 Å². The molecule has 0 spiro atoms. The molecule has 0 saturated carbocycles. The van der Waals surface area contributed by atoms with Gasteiger partial charge in [0.15, 0.2) is 0 Å². The monoisotopic (exact) mass is 405 g/mol. The molecule has 1 saturated heterocycles. The van der Waals surface area contributed by atoms with Crippen LogP contribution in [0.4, 0.5) is 10.5 Å². The Kier molecular flexibility index (Phi) is 5.15. The number of anilines is 1. The van der Waals surface area contributed by atoms with Gasteiger partial charge in [0.1, 0.15) is 5.75 Å². The van der Waals surface area contributed by atoms with Crippen LogP contribution in [0.5, 0.6) is 5.75 Å². The molecule has 2 rings (SSSR count). The van der Waals surface area contributed by atoms with Crippen molar-refractivity contribution in [2.75, 3.05) is 32.5 Å². The van der Waals surface area contributed by atoms with Crippen molar-refractivity contribution in [3.05, 3.63) is 21.1 Å². The number of rotatable bonds is 3. The van der Waals surface area contributed by atoms with Crippen LogP contribution < -0.4 is 15.8 Å². The van der Waals surface area contributed by atoms with Gasteiger partial charge in [0, 0.05) is 35.0 Å². The van der Waals surface area contributed by atoms with Crippen LogP contribution in [0.15, 0.2) is 21.1 Å². The number of ether oxygens (including phenoxy) is 1. The van der Waals surface area contributed by atoms with Crippen molar-refractivity contribution in [1.29, 1.82) is 0 Å². The molecule has 1 aromatic carbocycles. The Hall–Kier alpha value is -0.950. The third-order valence-corrected chi connectivity index (χ3v) is 4.64. The molecule has 20 heavy (non-hydrogen) atoms. The predicted molar refractivity (Wildman–Crippen MR) is 85.9 cm³/mol. The van der Waals surface area contributed by atoms with Gasteiger partial charge in [-0.3, -0.25) is 0 Å². The normalized spacial score (nSPS) is 18.1. The predicted octanol–water partition coefficient (Wildman–Crippen LogP) is 2.83. The molecule has 5 nitrogen and oxygen atoms in total. The van der Waals surface area contributed by atoms with Gasteiger partial charge in [-0.25, -0.2) is 4.79 Å². The van der Waals surface area contributed by atoms with E-state index in [1.54, 1.807) is 7.05 Å². The van der Waals surface area contributed by atoms with E-state index in [1.165, 1.54) is 0 Å². The van der Waals surface area contributed by atoms with Gasteiger partial charge in [0.05, 0.1) is 12.3 Å². The maximum atomic E-state index is 11.5. The maximum Gasteiger partial charge on any atom is 0.317 e. The number of hydrogen-bond acceptors (Lipinski definition) is 3. The SMILES string of the molecule is CNC(=O)N1CCC(COc2cc(Br)c(N)c(Br)c2)C1. The van der Waals surface area contributed by atoms with Crippen LogP contribution in [0.25, 0.3) is 0 Å². The van der Waals surface area contributed by atoms with Gasteiger partial charge in [0.25, 0.3) is 0 Å². The second kappa shape index (κ2) is 6.67. The average Bonchev–Trinajstić information content (AvgIpc) is 2.90. The van der Waals surface area contributed by atoms with E-state index >= 15 is 0 Å². The Morgan fingerprint density at radius 1 is 1.50 bits per heavy atom. The number of nitrogen functional groups attached to an aromatic ring is 1. The number of nitrogens with one attached hydrogen (secondary N) is 1. The molecule has 1 aliphatic heterocycles. The number of nitrogens with two attached hydrogens (primary N) is 1. The van der Waals surface area contributed by atoms with E-state index in [0.29, 0.717) is 18.2 Å². The number of hydrogen-bond donors (Lipinski definition) is 2. The topological polar surface area (TPSA) is 67.6 Å². The summed E-state index contributed by atoms with van der Waals surface area (Å²) in [6, 6.07) is 3.68. The molecule has 1 unspecified atom stereocenters. The largest absolute Gasteiger partial charge is 0.493 e. The summed E-state index contributed by atoms with van der Waals surface area (Å²) in [4.78, 5) is 13.3. The Bertz CT molecular complexity index is 487. The van der Waals surface area contributed by atoms with E-state index in [2.05, 4.69) is 37.2 Å². The fourth-order valence-corrected chi connectivity index (χ4v) is 3.31. The molecule has 0 radical (unpaired) electrons. The smallest absolute Gasteiger partial charge is 0.317 e. The lowest BCUT2D eigenvalue weighted by atomic mass is 10.1. The van der Waals surface area contributed by atoms with Gasteiger partial charge in [-0.1, -0.05) is 0 Å². The minimum Gasteiger partial charge on any atom is -0.493 e. The van der Waals surface area contributed by atoms with Crippen LogP contribution in [0.3, 0.4) is 0 Å². The minimum absolute atomic E-state index is 0.0227. The van der Waals surface area contributed by atoms with E-state index < -0.39 is 0 Å². The molecule has 1 aliphatic rings. The van der Waals surface area contributed by atoms with E-state index in [4.69, 9.17) is 10.5 Å². The third-order valence-electron chi connectivity index (χ3n) is 3.33. The first-order valence-corrected chi connectivity index (χ1v) is 7.94. The highest BCUT2D eigenvalue weighted by molar-refractivity contribution is 9.11. The van der Waals surface area contributed by atoms with Crippen LogP contribution in [-0.2, 0) is 0 Å². The zero-order chi connectivity index (χ0) is 14.7. The van der Waals surface area contributed by atoms with Crippen molar-refractivity contribution in [2.45, 2.75) is 6.42 Å². The van der Waals surface area contributed by atoms with Gasteiger partial charge in [-0.05, 0) is 50.4 Å².